The van der Waals surface area contributed by atoms with Gasteiger partial charge in [-0.1, -0.05) is 13.8 Å². The monoisotopic (exact) mass is 480 g/mol. The molecule has 1 aliphatic rings. The molecule has 0 spiro atoms. The molecule has 0 N–H and O–H groups in total. The smallest absolute Gasteiger partial charge is 0.257 e. The van der Waals surface area contributed by atoms with Gasteiger partial charge in [-0.3, -0.25) is 9.59 Å². The number of benzene rings is 2. The Morgan fingerprint density at radius 3 is 2.03 bits per heavy atom. The van der Waals surface area contributed by atoms with Gasteiger partial charge in [0.15, 0.2) is 0 Å². The zero-order chi connectivity index (χ0) is 25.1. The molecule has 4 rings (SSSR count). The number of methoxy groups -OCH3 is 2. The molecule has 1 aliphatic heterocycles. The van der Waals surface area contributed by atoms with Crippen LogP contribution in [0.25, 0.3) is 5.69 Å². The number of ether oxygens (including phenoxy) is 2. The van der Waals surface area contributed by atoms with Crippen molar-refractivity contribution < 1.29 is 23.5 Å². The van der Waals surface area contributed by atoms with Crippen molar-refractivity contribution in [1.29, 1.82) is 0 Å². The van der Waals surface area contributed by atoms with Crippen molar-refractivity contribution in [2.75, 3.05) is 40.4 Å². The summed E-state index contributed by atoms with van der Waals surface area (Å²) in [5.41, 5.74) is 2.43. The molecule has 0 atom stereocenters. The first-order valence-electron chi connectivity index (χ1n) is 11.5. The van der Waals surface area contributed by atoms with Gasteiger partial charge in [-0.2, -0.15) is 5.10 Å². The summed E-state index contributed by atoms with van der Waals surface area (Å²) in [6.07, 6.45) is 1.57. The molecule has 2 aromatic carbocycles. The van der Waals surface area contributed by atoms with Gasteiger partial charge in [0.05, 0.1) is 42.9 Å². The van der Waals surface area contributed by atoms with Gasteiger partial charge in [0.2, 0.25) is 0 Å². The Bertz CT molecular complexity index is 1210. The Morgan fingerprint density at radius 1 is 0.886 bits per heavy atom. The maximum absolute atomic E-state index is 13.4. The van der Waals surface area contributed by atoms with E-state index in [-0.39, 0.29) is 23.5 Å². The molecule has 8 nitrogen and oxygen atoms in total. The van der Waals surface area contributed by atoms with Crippen molar-refractivity contribution in [3.05, 3.63) is 71.3 Å². The van der Waals surface area contributed by atoms with E-state index >= 15 is 0 Å². The van der Waals surface area contributed by atoms with Gasteiger partial charge in [-0.25, -0.2) is 9.07 Å². The predicted octanol–water partition coefficient (Wildman–Crippen LogP) is 3.75. The average molecular weight is 481 g/mol. The van der Waals surface area contributed by atoms with Crippen LogP contribution in [0.2, 0.25) is 0 Å². The minimum atomic E-state index is -0.331. The molecule has 9 heteroatoms. The second kappa shape index (κ2) is 10.2. The first-order chi connectivity index (χ1) is 16.8. The molecule has 3 aromatic rings. The molecule has 1 saturated heterocycles. The highest BCUT2D eigenvalue weighted by Crippen LogP contribution is 2.27. The van der Waals surface area contributed by atoms with Crippen LogP contribution in [0.3, 0.4) is 0 Å². The van der Waals surface area contributed by atoms with E-state index in [1.165, 1.54) is 19.2 Å². The van der Waals surface area contributed by atoms with Gasteiger partial charge in [0.25, 0.3) is 11.8 Å². The molecule has 0 unspecified atom stereocenters. The molecule has 1 fully saturated rings. The molecular weight excluding hydrogens is 451 g/mol. The molecule has 0 saturated carbocycles. The third-order valence-corrected chi connectivity index (χ3v) is 6.15. The second-order valence-electron chi connectivity index (χ2n) is 8.64. The van der Waals surface area contributed by atoms with E-state index < -0.39 is 0 Å². The van der Waals surface area contributed by atoms with Gasteiger partial charge in [-0.05, 0) is 42.3 Å². The van der Waals surface area contributed by atoms with Crippen LogP contribution in [0.4, 0.5) is 4.39 Å². The summed E-state index contributed by atoms with van der Waals surface area (Å²) in [6, 6.07) is 11.1. The van der Waals surface area contributed by atoms with E-state index in [0.29, 0.717) is 54.5 Å². The van der Waals surface area contributed by atoms with Gasteiger partial charge in [0.1, 0.15) is 17.3 Å². The lowest BCUT2D eigenvalue weighted by molar-refractivity contribution is 0.0532. The Labute approximate surface area is 203 Å². The van der Waals surface area contributed by atoms with Crippen LogP contribution in [-0.4, -0.2) is 71.8 Å². The first-order valence-corrected chi connectivity index (χ1v) is 11.5. The van der Waals surface area contributed by atoms with Crippen LogP contribution >= 0.6 is 0 Å². The molecular formula is C26H29FN4O4. The quantitative estimate of drug-likeness (QED) is 0.537. The van der Waals surface area contributed by atoms with Crippen molar-refractivity contribution in [2.24, 2.45) is 0 Å². The van der Waals surface area contributed by atoms with Crippen molar-refractivity contribution >= 4 is 11.8 Å². The number of amides is 2. The van der Waals surface area contributed by atoms with Gasteiger partial charge >= 0.3 is 0 Å². The number of carbonyl (C=O) groups excluding carboxylic acids is 2. The van der Waals surface area contributed by atoms with Gasteiger partial charge < -0.3 is 19.3 Å². The highest BCUT2D eigenvalue weighted by Gasteiger charge is 2.30. The van der Waals surface area contributed by atoms with Crippen molar-refractivity contribution in [1.82, 2.24) is 19.6 Å². The van der Waals surface area contributed by atoms with E-state index in [1.807, 2.05) is 13.8 Å². The Morgan fingerprint density at radius 2 is 1.49 bits per heavy atom. The van der Waals surface area contributed by atoms with Gasteiger partial charge in [-0.15, -0.1) is 0 Å². The number of piperazine rings is 1. The lowest BCUT2D eigenvalue weighted by atomic mass is 10.0. The molecule has 2 amide bonds. The fourth-order valence-corrected chi connectivity index (χ4v) is 4.29. The summed E-state index contributed by atoms with van der Waals surface area (Å²) in [7, 11) is 3.07. The highest BCUT2D eigenvalue weighted by molar-refractivity contribution is 5.98. The Balaban J connectivity index is 1.49. The van der Waals surface area contributed by atoms with Crippen LogP contribution < -0.4 is 9.47 Å². The van der Waals surface area contributed by atoms with Crippen molar-refractivity contribution in [3.8, 4) is 17.2 Å². The Kier molecular flexibility index (Phi) is 7.04. The van der Waals surface area contributed by atoms with E-state index in [2.05, 4.69) is 5.10 Å². The molecule has 0 radical (unpaired) electrons. The largest absolute Gasteiger partial charge is 0.497 e. The van der Waals surface area contributed by atoms with Gasteiger partial charge in [0, 0.05) is 32.2 Å². The number of aromatic nitrogens is 2. The number of rotatable bonds is 6. The standard InChI is InChI=1S/C26H29FN4O4/c1-17(2)24-22(16-28-31(24)19-7-5-18(27)6-8-19)26(33)30-13-11-29(12-14-30)25(32)21-10-9-20(34-3)15-23(21)35-4/h5-10,15-17H,11-14H2,1-4H3. The zero-order valence-corrected chi connectivity index (χ0v) is 20.3. The Hall–Kier alpha value is -3.88. The lowest BCUT2D eigenvalue weighted by Gasteiger charge is -2.35. The number of halogens is 1. The number of nitrogens with zero attached hydrogens (tertiary/aromatic N) is 4. The maximum atomic E-state index is 13.4. The summed E-state index contributed by atoms with van der Waals surface area (Å²) >= 11 is 0. The summed E-state index contributed by atoms with van der Waals surface area (Å²) in [4.78, 5) is 30.0. The normalized spacial score (nSPS) is 13.8. The summed E-state index contributed by atoms with van der Waals surface area (Å²) < 4.78 is 25.7. The van der Waals surface area contributed by atoms with Crippen LogP contribution in [0, 0.1) is 5.82 Å². The molecule has 0 aliphatic carbocycles. The highest BCUT2D eigenvalue weighted by atomic mass is 19.1. The average Bonchev–Trinajstić information content (AvgIpc) is 3.33. The minimum Gasteiger partial charge on any atom is -0.497 e. The zero-order valence-electron chi connectivity index (χ0n) is 20.3. The molecule has 2 heterocycles. The van der Waals surface area contributed by atoms with E-state index in [4.69, 9.17) is 9.47 Å². The van der Waals surface area contributed by atoms with E-state index in [1.54, 1.807) is 58.1 Å². The molecule has 35 heavy (non-hydrogen) atoms. The lowest BCUT2D eigenvalue weighted by Crippen LogP contribution is -2.50. The van der Waals surface area contributed by atoms with E-state index in [0.717, 1.165) is 5.69 Å². The summed E-state index contributed by atoms with van der Waals surface area (Å²) in [5, 5.41) is 4.43. The molecule has 184 valence electrons. The molecule has 0 bridgehead atoms. The summed E-state index contributed by atoms with van der Waals surface area (Å²) in [5.74, 6) is 0.466. The second-order valence-corrected chi connectivity index (χ2v) is 8.64. The SMILES string of the molecule is COc1ccc(C(=O)N2CCN(C(=O)c3cnn(-c4ccc(F)cc4)c3C(C)C)CC2)c(OC)c1. The van der Waals surface area contributed by atoms with Crippen LogP contribution in [-0.2, 0) is 0 Å². The topological polar surface area (TPSA) is 76.9 Å². The van der Waals surface area contributed by atoms with Crippen molar-refractivity contribution in [2.45, 2.75) is 19.8 Å². The van der Waals surface area contributed by atoms with Crippen LogP contribution in [0.5, 0.6) is 11.5 Å². The number of carbonyl (C=O) groups is 2. The fraction of sp³-hybridized carbons (Fsp3) is 0.346. The number of hydrogen-bond acceptors (Lipinski definition) is 5. The summed E-state index contributed by atoms with van der Waals surface area (Å²) in [6.45, 7) is 5.61. The predicted molar refractivity (Wildman–Crippen MR) is 129 cm³/mol. The van der Waals surface area contributed by atoms with Crippen LogP contribution in [0.1, 0.15) is 46.2 Å². The van der Waals surface area contributed by atoms with E-state index in [9.17, 15) is 14.0 Å². The van der Waals surface area contributed by atoms with Crippen molar-refractivity contribution in [3.63, 3.8) is 0 Å². The molecule has 1 aromatic heterocycles. The third kappa shape index (κ3) is 4.84. The maximum Gasteiger partial charge on any atom is 0.257 e. The fourth-order valence-electron chi connectivity index (χ4n) is 4.29. The first kappa shape index (κ1) is 24.3. The number of hydrogen-bond donors (Lipinski definition) is 0. The minimum absolute atomic E-state index is 0.0203. The third-order valence-electron chi connectivity index (χ3n) is 6.15. The van der Waals surface area contributed by atoms with Crippen LogP contribution in [0.15, 0.2) is 48.7 Å².